The molecule has 1 aromatic rings. The van der Waals surface area contributed by atoms with E-state index >= 15 is 0 Å². The molecule has 3 heterocycles. The van der Waals surface area contributed by atoms with Crippen molar-refractivity contribution in [1.29, 1.82) is 0 Å². The van der Waals surface area contributed by atoms with E-state index < -0.39 is 22.5 Å². The second kappa shape index (κ2) is 7.23. The molecule has 160 valence electrons. The summed E-state index contributed by atoms with van der Waals surface area (Å²) in [6, 6.07) is 4.85. The van der Waals surface area contributed by atoms with Crippen molar-refractivity contribution in [1.82, 2.24) is 16.0 Å². The third kappa shape index (κ3) is 3.19. The lowest BCUT2D eigenvalue weighted by Gasteiger charge is -2.50. The first-order chi connectivity index (χ1) is 14.4. The van der Waals surface area contributed by atoms with Crippen molar-refractivity contribution in [3.8, 4) is 0 Å². The van der Waals surface area contributed by atoms with Crippen molar-refractivity contribution < 1.29 is 19.0 Å². The van der Waals surface area contributed by atoms with E-state index in [1.807, 2.05) is 12.1 Å². The molecule has 1 aliphatic carbocycles. The van der Waals surface area contributed by atoms with Gasteiger partial charge in [0.05, 0.1) is 5.56 Å². The Labute approximate surface area is 175 Å². The van der Waals surface area contributed by atoms with Crippen LogP contribution in [0.1, 0.15) is 60.0 Å². The van der Waals surface area contributed by atoms with Gasteiger partial charge in [-0.2, -0.15) is 0 Å². The van der Waals surface area contributed by atoms with Crippen LogP contribution in [0.2, 0.25) is 0 Å². The smallest absolute Gasteiger partial charge is 0.347 e. The molecule has 2 saturated heterocycles. The number of benzene rings is 1. The molecule has 0 aromatic heterocycles. The molecule has 8 nitrogen and oxygen atoms in total. The monoisotopic (exact) mass is 412 g/mol. The van der Waals surface area contributed by atoms with E-state index in [4.69, 9.17) is 0 Å². The van der Waals surface area contributed by atoms with Crippen molar-refractivity contribution in [3.05, 3.63) is 40.1 Å². The molecule has 8 heteroatoms. The van der Waals surface area contributed by atoms with Crippen molar-refractivity contribution in [2.24, 2.45) is 5.41 Å². The van der Waals surface area contributed by atoms with Gasteiger partial charge in [0.15, 0.2) is 6.04 Å². The second-order valence-corrected chi connectivity index (χ2v) is 9.41. The summed E-state index contributed by atoms with van der Waals surface area (Å²) >= 11 is 0. The number of nitrogens with one attached hydrogen (secondary N) is 3. The van der Waals surface area contributed by atoms with Crippen LogP contribution in [0.15, 0.2) is 18.2 Å². The minimum Gasteiger partial charge on any atom is -0.624 e. The Hall–Kier alpha value is -2.13. The topological polar surface area (TPSA) is 110 Å². The Kier molecular flexibility index (Phi) is 4.77. The number of fused-ring (bicyclic) bond motifs is 1. The summed E-state index contributed by atoms with van der Waals surface area (Å²) in [7, 11) is 0. The summed E-state index contributed by atoms with van der Waals surface area (Å²) in [6.07, 6.45) is 5.04. The number of hydrogen-bond acceptors (Lipinski definition) is 6. The first kappa shape index (κ1) is 19.8. The average Bonchev–Trinajstić information content (AvgIpc) is 2.97. The zero-order valence-corrected chi connectivity index (χ0v) is 17.0. The largest absolute Gasteiger partial charge is 0.624 e. The first-order valence-electron chi connectivity index (χ1n) is 10.9. The van der Waals surface area contributed by atoms with Gasteiger partial charge in [-0.3, -0.25) is 19.6 Å². The van der Waals surface area contributed by atoms with Crippen LogP contribution in [0.5, 0.6) is 0 Å². The number of carbonyl (C=O) groups is 3. The van der Waals surface area contributed by atoms with Gasteiger partial charge in [0.2, 0.25) is 5.91 Å². The highest BCUT2D eigenvalue weighted by atomic mass is 16.6. The maximum Gasteiger partial charge on any atom is 0.347 e. The number of hydrogen-bond donors (Lipinski definition) is 3. The lowest BCUT2D eigenvalue weighted by molar-refractivity contribution is -0.825. The summed E-state index contributed by atoms with van der Waals surface area (Å²) in [6.45, 7) is 2.78. The molecule has 0 bridgehead atoms. The molecule has 2 atom stereocenters. The summed E-state index contributed by atoms with van der Waals surface area (Å²) in [5.74, 6) is -1.59. The van der Waals surface area contributed by atoms with Gasteiger partial charge in [-0.25, -0.2) is 4.79 Å². The average molecular weight is 412 g/mol. The molecule has 3 amide bonds. The first-order valence-corrected chi connectivity index (χ1v) is 10.9. The quantitative estimate of drug-likeness (QED) is 0.388. The van der Waals surface area contributed by atoms with E-state index in [1.165, 1.54) is 25.7 Å². The zero-order chi connectivity index (χ0) is 20.9. The molecule has 3 fully saturated rings. The number of rotatable bonds is 4. The Balaban J connectivity index is 1.28. The normalized spacial score (nSPS) is 30.8. The van der Waals surface area contributed by atoms with Gasteiger partial charge in [-0.15, -0.1) is 0 Å². The van der Waals surface area contributed by atoms with Gasteiger partial charge in [0.1, 0.15) is 6.54 Å². The van der Waals surface area contributed by atoms with E-state index in [0.29, 0.717) is 23.6 Å². The molecule has 4 aliphatic rings. The number of piperidine rings is 2. The number of amides is 3. The van der Waals surface area contributed by atoms with Gasteiger partial charge >= 0.3 is 5.91 Å². The van der Waals surface area contributed by atoms with Crippen molar-refractivity contribution in [2.75, 3.05) is 13.1 Å². The molecule has 3 N–H and O–H groups in total. The van der Waals surface area contributed by atoms with E-state index in [-0.39, 0.29) is 25.3 Å². The number of imide groups is 1. The third-order valence-corrected chi connectivity index (χ3v) is 7.56. The highest BCUT2D eigenvalue weighted by molar-refractivity contribution is 6.02. The molecule has 5 rings (SSSR count). The van der Waals surface area contributed by atoms with E-state index in [1.54, 1.807) is 6.07 Å². The van der Waals surface area contributed by atoms with Crippen molar-refractivity contribution >= 4 is 17.7 Å². The molecule has 1 aromatic carbocycles. The van der Waals surface area contributed by atoms with Crippen LogP contribution in [-0.4, -0.2) is 47.5 Å². The predicted molar refractivity (Wildman–Crippen MR) is 109 cm³/mol. The van der Waals surface area contributed by atoms with Crippen LogP contribution < -0.4 is 16.0 Å². The summed E-state index contributed by atoms with van der Waals surface area (Å²) in [5.41, 5.74) is 2.60. The zero-order valence-electron chi connectivity index (χ0n) is 17.0. The van der Waals surface area contributed by atoms with Gasteiger partial charge in [-0.1, -0.05) is 12.1 Å². The standard InChI is InChI=1S/C22H28N4O4/c27-19-5-4-18(20(28)25-19)26(30)13-17-14(2-1-3-16(17)21(26)29)12-24-15-10-22(11-15)6-8-23-9-7-22/h1-3,15,18,23-24H,4-13H2,(H,25,27,28). The van der Waals surface area contributed by atoms with Gasteiger partial charge in [0, 0.05) is 31.0 Å². The van der Waals surface area contributed by atoms with Crippen molar-refractivity contribution in [2.45, 2.75) is 63.7 Å². The fraction of sp³-hybridized carbons (Fsp3) is 0.591. The molecule has 1 saturated carbocycles. The Morgan fingerprint density at radius 1 is 1.17 bits per heavy atom. The predicted octanol–water partition coefficient (Wildman–Crippen LogP) is 1.08. The second-order valence-electron chi connectivity index (χ2n) is 9.41. The Morgan fingerprint density at radius 2 is 1.93 bits per heavy atom. The maximum atomic E-state index is 13.5. The molecular formula is C22H28N4O4. The van der Waals surface area contributed by atoms with E-state index in [9.17, 15) is 19.6 Å². The maximum absolute atomic E-state index is 13.5. The van der Waals surface area contributed by atoms with Crippen LogP contribution in [0.3, 0.4) is 0 Å². The van der Waals surface area contributed by atoms with Crippen molar-refractivity contribution in [3.63, 3.8) is 0 Å². The number of nitrogens with zero attached hydrogens (tertiary/aromatic N) is 1. The summed E-state index contributed by atoms with van der Waals surface area (Å²) < 4.78 is -1.22. The number of carbonyl (C=O) groups excluding carboxylic acids is 3. The molecular weight excluding hydrogens is 384 g/mol. The van der Waals surface area contributed by atoms with Gasteiger partial charge in [-0.05, 0) is 55.8 Å². The molecule has 0 radical (unpaired) electrons. The SMILES string of the molecule is O=C1CCC([N+]2([O-])Cc3c(CNC4CC5(CCNCC5)C4)cccc3C2=O)C(=O)N1. The number of quaternary nitrogens is 1. The van der Waals surface area contributed by atoms with Crippen LogP contribution in [0.4, 0.5) is 0 Å². The Morgan fingerprint density at radius 3 is 2.67 bits per heavy atom. The molecule has 2 unspecified atom stereocenters. The number of hydroxylamine groups is 3. The molecule has 1 spiro atoms. The summed E-state index contributed by atoms with van der Waals surface area (Å²) in [4.78, 5) is 36.7. The lowest BCUT2D eigenvalue weighted by atomic mass is 9.60. The van der Waals surface area contributed by atoms with Crippen LogP contribution >= 0.6 is 0 Å². The highest BCUT2D eigenvalue weighted by Crippen LogP contribution is 2.48. The minimum atomic E-state index is -1.22. The van der Waals surface area contributed by atoms with E-state index in [0.717, 1.165) is 24.2 Å². The van der Waals surface area contributed by atoms with Crippen LogP contribution in [0.25, 0.3) is 0 Å². The minimum absolute atomic E-state index is 0.0431. The third-order valence-electron chi connectivity index (χ3n) is 7.56. The Bertz CT molecular complexity index is 902. The fourth-order valence-electron chi connectivity index (χ4n) is 5.78. The van der Waals surface area contributed by atoms with Crippen LogP contribution in [-0.2, 0) is 22.7 Å². The van der Waals surface area contributed by atoms with E-state index in [2.05, 4.69) is 16.0 Å². The fourth-order valence-corrected chi connectivity index (χ4v) is 5.78. The van der Waals surface area contributed by atoms with Gasteiger partial charge < -0.3 is 15.8 Å². The lowest BCUT2D eigenvalue weighted by Crippen LogP contribution is -2.60. The summed E-state index contributed by atoms with van der Waals surface area (Å²) in [5, 5.41) is 22.8. The van der Waals surface area contributed by atoms with Crippen LogP contribution in [0, 0.1) is 10.6 Å². The highest BCUT2D eigenvalue weighted by Gasteiger charge is 2.50. The molecule has 30 heavy (non-hydrogen) atoms. The molecule has 3 aliphatic heterocycles. The van der Waals surface area contributed by atoms with Gasteiger partial charge in [0.25, 0.3) is 5.91 Å².